The Morgan fingerprint density at radius 3 is 2.37 bits per heavy atom. The number of halogens is 1. The van der Waals surface area contributed by atoms with Crippen LogP contribution in [0.3, 0.4) is 0 Å². The molecule has 0 N–H and O–H groups in total. The van der Waals surface area contributed by atoms with Crippen molar-refractivity contribution < 1.29 is 4.74 Å². The lowest BCUT2D eigenvalue weighted by Crippen LogP contribution is -2.05. The largest absolute Gasteiger partial charge is 0.487 e. The molecule has 2 rings (SSSR count). The fourth-order valence-corrected chi connectivity index (χ4v) is 2.58. The first kappa shape index (κ1) is 14.1. The Labute approximate surface area is 122 Å². The van der Waals surface area contributed by atoms with Crippen molar-refractivity contribution in [2.24, 2.45) is 7.05 Å². The zero-order chi connectivity index (χ0) is 14.2. The van der Waals surface area contributed by atoms with Crippen molar-refractivity contribution in [3.05, 3.63) is 44.7 Å². The second-order valence-corrected chi connectivity index (χ2v) is 5.70. The van der Waals surface area contributed by atoms with E-state index in [-0.39, 0.29) is 0 Å². The average Bonchev–Trinajstić information content (AvgIpc) is 2.60. The highest BCUT2D eigenvalue weighted by molar-refractivity contribution is 9.10. The van der Waals surface area contributed by atoms with Crippen molar-refractivity contribution in [2.75, 3.05) is 0 Å². The van der Waals surface area contributed by atoms with Crippen LogP contribution in [0.25, 0.3) is 0 Å². The van der Waals surface area contributed by atoms with Crippen molar-refractivity contribution in [3.8, 4) is 5.75 Å². The van der Waals surface area contributed by atoms with Crippen molar-refractivity contribution in [1.82, 2.24) is 9.78 Å². The molecule has 1 aromatic heterocycles. The maximum Gasteiger partial charge on any atom is 0.131 e. The van der Waals surface area contributed by atoms with Crippen molar-refractivity contribution in [1.29, 1.82) is 0 Å². The van der Waals surface area contributed by atoms with Crippen LogP contribution in [-0.2, 0) is 13.7 Å². The number of hydrogen-bond donors (Lipinski definition) is 0. The normalized spacial score (nSPS) is 10.8. The third kappa shape index (κ3) is 2.68. The van der Waals surface area contributed by atoms with Gasteiger partial charge in [-0.2, -0.15) is 5.10 Å². The highest BCUT2D eigenvalue weighted by Crippen LogP contribution is 2.28. The fourth-order valence-electron chi connectivity index (χ4n) is 2.13. The van der Waals surface area contributed by atoms with Gasteiger partial charge in [-0.05, 0) is 60.3 Å². The van der Waals surface area contributed by atoms with E-state index in [9.17, 15) is 0 Å². The molecule has 0 aliphatic heterocycles. The van der Waals surface area contributed by atoms with Crippen LogP contribution in [-0.4, -0.2) is 9.78 Å². The van der Waals surface area contributed by atoms with Crippen molar-refractivity contribution in [2.45, 2.75) is 34.3 Å². The van der Waals surface area contributed by atoms with Crippen LogP contribution < -0.4 is 4.74 Å². The summed E-state index contributed by atoms with van der Waals surface area (Å²) in [5, 5.41) is 4.38. The molecule has 1 heterocycles. The van der Waals surface area contributed by atoms with E-state index < -0.39 is 0 Å². The van der Waals surface area contributed by atoms with Gasteiger partial charge in [0.25, 0.3) is 0 Å². The number of rotatable bonds is 3. The van der Waals surface area contributed by atoms with Crippen molar-refractivity contribution in [3.63, 3.8) is 0 Å². The molecule has 0 bridgehead atoms. The lowest BCUT2D eigenvalue weighted by Gasteiger charge is -2.14. The molecule has 0 aliphatic carbocycles. The third-order valence-electron chi connectivity index (χ3n) is 3.49. The summed E-state index contributed by atoms with van der Waals surface area (Å²) >= 11 is 3.56. The van der Waals surface area contributed by atoms with Crippen LogP contribution in [0.5, 0.6) is 5.75 Å². The van der Waals surface area contributed by atoms with Gasteiger partial charge in [0, 0.05) is 7.05 Å². The van der Waals surface area contributed by atoms with Gasteiger partial charge in [0.15, 0.2) is 0 Å². The van der Waals surface area contributed by atoms with Crippen LogP contribution >= 0.6 is 15.9 Å². The number of hydrogen-bond acceptors (Lipinski definition) is 2. The van der Waals surface area contributed by atoms with E-state index in [1.807, 2.05) is 18.7 Å². The molecule has 3 nitrogen and oxygen atoms in total. The molecule has 0 saturated carbocycles. The minimum atomic E-state index is 0.517. The molecular formula is C15H19BrN2O. The summed E-state index contributed by atoms with van der Waals surface area (Å²) in [5.41, 5.74) is 5.66. The van der Waals surface area contributed by atoms with Crippen LogP contribution in [0.2, 0.25) is 0 Å². The van der Waals surface area contributed by atoms with E-state index >= 15 is 0 Å². The van der Waals surface area contributed by atoms with Crippen LogP contribution in [0.1, 0.15) is 28.1 Å². The molecular weight excluding hydrogens is 304 g/mol. The lowest BCUT2D eigenvalue weighted by molar-refractivity contribution is 0.290. The number of nitrogens with zero attached hydrogens (tertiary/aromatic N) is 2. The number of benzene rings is 1. The summed E-state index contributed by atoms with van der Waals surface area (Å²) in [6, 6.07) is 4.23. The van der Waals surface area contributed by atoms with E-state index in [4.69, 9.17) is 4.74 Å². The minimum Gasteiger partial charge on any atom is -0.487 e. The molecule has 0 saturated heterocycles. The Morgan fingerprint density at radius 2 is 1.79 bits per heavy atom. The quantitative estimate of drug-likeness (QED) is 0.854. The highest BCUT2D eigenvalue weighted by Gasteiger charge is 2.13. The summed E-state index contributed by atoms with van der Waals surface area (Å²) in [7, 11) is 1.94. The Balaban J connectivity index is 2.26. The van der Waals surface area contributed by atoms with E-state index in [1.54, 1.807) is 0 Å². The van der Waals surface area contributed by atoms with Gasteiger partial charge in [0.1, 0.15) is 12.4 Å². The van der Waals surface area contributed by atoms with E-state index in [2.05, 4.69) is 53.9 Å². The Hall–Kier alpha value is -1.29. The van der Waals surface area contributed by atoms with Gasteiger partial charge in [-0.3, -0.25) is 4.68 Å². The summed E-state index contributed by atoms with van der Waals surface area (Å²) in [6.07, 6.45) is 0. The van der Waals surface area contributed by atoms with Crippen LogP contribution in [0.4, 0.5) is 0 Å². The molecule has 0 spiro atoms. The first-order valence-corrected chi connectivity index (χ1v) is 7.08. The second kappa shape index (κ2) is 5.37. The molecule has 19 heavy (non-hydrogen) atoms. The molecule has 0 atom stereocenters. The summed E-state index contributed by atoms with van der Waals surface area (Å²) < 4.78 is 8.91. The van der Waals surface area contributed by atoms with Gasteiger partial charge >= 0.3 is 0 Å². The maximum absolute atomic E-state index is 6.02. The van der Waals surface area contributed by atoms with E-state index in [0.717, 1.165) is 27.2 Å². The Kier molecular flexibility index (Phi) is 3.99. The first-order valence-electron chi connectivity index (χ1n) is 6.29. The van der Waals surface area contributed by atoms with E-state index in [1.165, 1.54) is 11.1 Å². The summed E-state index contributed by atoms with van der Waals surface area (Å²) in [5.74, 6) is 0.978. The first-order chi connectivity index (χ1) is 8.91. The second-order valence-electron chi connectivity index (χ2n) is 4.91. The minimum absolute atomic E-state index is 0.517. The maximum atomic E-state index is 6.02. The average molecular weight is 323 g/mol. The highest BCUT2D eigenvalue weighted by atomic mass is 79.9. The van der Waals surface area contributed by atoms with Gasteiger partial charge in [-0.15, -0.1) is 0 Å². The standard InChI is InChI=1S/C15H19BrN2O/c1-9-6-7-10(2)15(11(9)3)19-8-13-14(16)12(4)17-18(13)5/h6-7H,8H2,1-5H3. The lowest BCUT2D eigenvalue weighted by atomic mass is 10.1. The molecule has 1 aromatic carbocycles. The fraction of sp³-hybridized carbons (Fsp3) is 0.400. The third-order valence-corrected chi connectivity index (χ3v) is 4.52. The number of ether oxygens (including phenoxy) is 1. The van der Waals surface area contributed by atoms with Gasteiger partial charge in [0.05, 0.1) is 15.9 Å². The predicted molar refractivity (Wildman–Crippen MR) is 80.6 cm³/mol. The zero-order valence-corrected chi connectivity index (χ0v) is 13.6. The van der Waals surface area contributed by atoms with Crippen LogP contribution in [0, 0.1) is 27.7 Å². The smallest absolute Gasteiger partial charge is 0.131 e. The topological polar surface area (TPSA) is 27.1 Å². The monoisotopic (exact) mass is 322 g/mol. The molecule has 102 valence electrons. The van der Waals surface area contributed by atoms with Crippen LogP contribution in [0.15, 0.2) is 16.6 Å². The molecule has 2 aromatic rings. The van der Waals surface area contributed by atoms with Gasteiger partial charge in [-0.1, -0.05) is 12.1 Å². The van der Waals surface area contributed by atoms with Crippen molar-refractivity contribution >= 4 is 15.9 Å². The predicted octanol–water partition coefficient (Wildman–Crippen LogP) is 4.00. The molecule has 0 unspecified atom stereocenters. The molecule has 0 aliphatic rings. The van der Waals surface area contributed by atoms with Gasteiger partial charge in [-0.25, -0.2) is 0 Å². The number of aromatic nitrogens is 2. The van der Waals surface area contributed by atoms with Gasteiger partial charge in [0.2, 0.25) is 0 Å². The van der Waals surface area contributed by atoms with E-state index in [0.29, 0.717) is 6.61 Å². The number of aryl methyl sites for hydroxylation is 4. The molecule has 0 radical (unpaired) electrons. The molecule has 4 heteroatoms. The Morgan fingerprint density at radius 1 is 1.16 bits per heavy atom. The Bertz CT molecular complexity index is 617. The van der Waals surface area contributed by atoms with Gasteiger partial charge < -0.3 is 4.74 Å². The molecule has 0 fully saturated rings. The zero-order valence-electron chi connectivity index (χ0n) is 12.0. The SMILES string of the molecule is Cc1ccc(C)c(OCc2c(Br)c(C)nn2C)c1C. The summed E-state index contributed by atoms with van der Waals surface area (Å²) in [4.78, 5) is 0. The molecule has 0 amide bonds. The summed E-state index contributed by atoms with van der Waals surface area (Å²) in [6.45, 7) is 8.78.